The van der Waals surface area contributed by atoms with Crippen LogP contribution < -0.4 is 4.74 Å². The zero-order valence-corrected chi connectivity index (χ0v) is 14.8. The lowest BCUT2D eigenvalue weighted by atomic mass is 9.91. The molecule has 23 heavy (non-hydrogen) atoms. The second-order valence-electron chi connectivity index (χ2n) is 6.76. The van der Waals surface area contributed by atoms with Crippen LogP contribution in [0.4, 0.5) is 0 Å². The van der Waals surface area contributed by atoms with Crippen LogP contribution in [0.5, 0.6) is 5.75 Å². The first-order valence-electron chi connectivity index (χ1n) is 8.58. The number of rotatable bonds is 7. The molecule has 4 heteroatoms. The van der Waals surface area contributed by atoms with Crippen molar-refractivity contribution >= 4 is 6.29 Å². The number of ether oxygens (including phenoxy) is 2. The highest BCUT2D eigenvalue weighted by Crippen LogP contribution is 2.35. The smallest absolute Gasteiger partial charge is 0.150 e. The molecule has 0 saturated carbocycles. The summed E-state index contributed by atoms with van der Waals surface area (Å²) in [6, 6.07) is 3.93. The van der Waals surface area contributed by atoms with Crippen molar-refractivity contribution in [2.45, 2.75) is 39.5 Å². The van der Waals surface area contributed by atoms with Crippen LogP contribution in [0.2, 0.25) is 0 Å². The van der Waals surface area contributed by atoms with Crippen molar-refractivity contribution in [1.82, 2.24) is 4.90 Å². The maximum absolute atomic E-state index is 11.2. The summed E-state index contributed by atoms with van der Waals surface area (Å²) in [5.74, 6) is 1.62. The minimum Gasteiger partial charge on any atom is -0.492 e. The molecule has 0 spiro atoms. The predicted octanol–water partition coefficient (Wildman–Crippen LogP) is 3.46. The van der Waals surface area contributed by atoms with Gasteiger partial charge >= 0.3 is 0 Å². The molecule has 0 N–H and O–H groups in total. The summed E-state index contributed by atoms with van der Waals surface area (Å²) in [4.78, 5) is 13.6. The third-order valence-corrected chi connectivity index (χ3v) is 4.31. The van der Waals surface area contributed by atoms with E-state index < -0.39 is 0 Å². The molecule has 1 fully saturated rings. The van der Waals surface area contributed by atoms with Crippen LogP contribution in [0.3, 0.4) is 0 Å². The minimum absolute atomic E-state index is 0.325. The SMILES string of the molecule is CC(C)c1cc(C=O)cc(C(C)C)c1OCCN1CCOCC1. The molecule has 0 unspecified atom stereocenters. The molecule has 128 valence electrons. The summed E-state index contributed by atoms with van der Waals surface area (Å²) in [6.07, 6.45) is 0.926. The van der Waals surface area contributed by atoms with Crippen LogP contribution in [0, 0.1) is 0 Å². The molecule has 0 radical (unpaired) electrons. The van der Waals surface area contributed by atoms with Gasteiger partial charge < -0.3 is 9.47 Å². The first kappa shape index (κ1) is 18.0. The summed E-state index contributed by atoms with van der Waals surface area (Å²) in [5.41, 5.74) is 2.98. The van der Waals surface area contributed by atoms with Gasteiger partial charge in [-0.25, -0.2) is 0 Å². The van der Waals surface area contributed by atoms with Crippen molar-refractivity contribution in [3.8, 4) is 5.75 Å². The summed E-state index contributed by atoms with van der Waals surface area (Å²) in [7, 11) is 0. The maximum atomic E-state index is 11.2. The van der Waals surface area contributed by atoms with Crippen molar-refractivity contribution in [2.24, 2.45) is 0 Å². The number of carbonyl (C=O) groups is 1. The number of nitrogens with zero attached hydrogens (tertiary/aromatic N) is 1. The van der Waals surface area contributed by atoms with Crippen LogP contribution in [0.15, 0.2) is 12.1 Å². The van der Waals surface area contributed by atoms with Crippen molar-refractivity contribution in [1.29, 1.82) is 0 Å². The second-order valence-corrected chi connectivity index (χ2v) is 6.76. The standard InChI is InChI=1S/C19H29NO3/c1-14(2)17-11-16(13-21)12-18(15(3)4)19(17)23-10-7-20-5-8-22-9-6-20/h11-15H,5-10H2,1-4H3. The molecule has 1 aromatic rings. The Kier molecular flexibility index (Phi) is 6.60. The number of carbonyl (C=O) groups excluding carboxylic acids is 1. The van der Waals surface area contributed by atoms with E-state index in [1.165, 1.54) is 0 Å². The van der Waals surface area contributed by atoms with Gasteiger partial charge in [-0.15, -0.1) is 0 Å². The molecule has 0 bridgehead atoms. The Morgan fingerprint density at radius 3 is 2.17 bits per heavy atom. The van der Waals surface area contributed by atoms with Crippen molar-refractivity contribution in [2.75, 3.05) is 39.5 Å². The largest absolute Gasteiger partial charge is 0.492 e. The van der Waals surface area contributed by atoms with Gasteiger partial charge in [0.15, 0.2) is 0 Å². The van der Waals surface area contributed by atoms with Crippen LogP contribution in [0.1, 0.15) is 61.0 Å². The fraction of sp³-hybridized carbons (Fsp3) is 0.632. The number of morpholine rings is 1. The Morgan fingerprint density at radius 2 is 1.70 bits per heavy atom. The topological polar surface area (TPSA) is 38.8 Å². The molecule has 1 aliphatic heterocycles. The highest BCUT2D eigenvalue weighted by Gasteiger charge is 2.18. The molecule has 1 aromatic carbocycles. The van der Waals surface area contributed by atoms with Gasteiger partial charge in [0.25, 0.3) is 0 Å². The maximum Gasteiger partial charge on any atom is 0.150 e. The lowest BCUT2D eigenvalue weighted by Gasteiger charge is -2.27. The molecule has 1 heterocycles. The Morgan fingerprint density at radius 1 is 1.13 bits per heavy atom. The predicted molar refractivity (Wildman–Crippen MR) is 92.8 cm³/mol. The van der Waals surface area contributed by atoms with E-state index in [4.69, 9.17) is 9.47 Å². The van der Waals surface area contributed by atoms with Gasteiger partial charge in [0.05, 0.1) is 13.2 Å². The molecule has 1 saturated heterocycles. The zero-order chi connectivity index (χ0) is 16.8. The molecule has 0 amide bonds. The van der Waals surface area contributed by atoms with Crippen LogP contribution in [-0.2, 0) is 4.74 Å². The van der Waals surface area contributed by atoms with Gasteiger partial charge in [-0.05, 0) is 35.1 Å². The second kappa shape index (κ2) is 8.46. The van der Waals surface area contributed by atoms with Crippen molar-refractivity contribution < 1.29 is 14.3 Å². The Balaban J connectivity index is 2.15. The number of benzene rings is 1. The fourth-order valence-electron chi connectivity index (χ4n) is 2.89. The van der Waals surface area contributed by atoms with E-state index in [9.17, 15) is 4.79 Å². The van der Waals surface area contributed by atoms with E-state index in [1.54, 1.807) is 0 Å². The normalized spacial score (nSPS) is 16.1. The Labute approximate surface area is 139 Å². The molecule has 0 atom stereocenters. The number of hydrogen-bond acceptors (Lipinski definition) is 4. The number of hydrogen-bond donors (Lipinski definition) is 0. The molecular weight excluding hydrogens is 290 g/mol. The summed E-state index contributed by atoms with van der Waals surface area (Å²) >= 11 is 0. The minimum atomic E-state index is 0.325. The van der Waals surface area contributed by atoms with Gasteiger partial charge in [-0.2, -0.15) is 0 Å². The van der Waals surface area contributed by atoms with Crippen LogP contribution in [0.25, 0.3) is 0 Å². The molecule has 0 aliphatic carbocycles. The highest BCUT2D eigenvalue weighted by molar-refractivity contribution is 5.77. The monoisotopic (exact) mass is 319 g/mol. The highest BCUT2D eigenvalue weighted by atomic mass is 16.5. The molecule has 2 rings (SSSR count). The van der Waals surface area contributed by atoms with E-state index in [1.807, 2.05) is 12.1 Å². The van der Waals surface area contributed by atoms with Gasteiger partial charge in [0.2, 0.25) is 0 Å². The summed E-state index contributed by atoms with van der Waals surface area (Å²) in [6.45, 7) is 13.7. The zero-order valence-electron chi connectivity index (χ0n) is 14.8. The Bertz CT molecular complexity index is 490. The number of aldehydes is 1. The fourth-order valence-corrected chi connectivity index (χ4v) is 2.89. The van der Waals surface area contributed by atoms with E-state index in [2.05, 4.69) is 32.6 Å². The average Bonchev–Trinajstić information content (AvgIpc) is 2.55. The van der Waals surface area contributed by atoms with Gasteiger partial charge in [0.1, 0.15) is 18.6 Å². The molecule has 1 aliphatic rings. The third kappa shape index (κ3) is 4.79. The third-order valence-electron chi connectivity index (χ3n) is 4.31. The van der Waals surface area contributed by atoms with Crippen molar-refractivity contribution in [3.05, 3.63) is 28.8 Å². The summed E-state index contributed by atoms with van der Waals surface area (Å²) in [5, 5.41) is 0. The molecule has 4 nitrogen and oxygen atoms in total. The van der Waals surface area contributed by atoms with Gasteiger partial charge in [-0.3, -0.25) is 9.69 Å². The van der Waals surface area contributed by atoms with E-state index >= 15 is 0 Å². The van der Waals surface area contributed by atoms with Crippen LogP contribution in [-0.4, -0.2) is 50.6 Å². The lowest BCUT2D eigenvalue weighted by molar-refractivity contribution is 0.0321. The first-order valence-corrected chi connectivity index (χ1v) is 8.58. The lowest BCUT2D eigenvalue weighted by Crippen LogP contribution is -2.38. The van der Waals surface area contributed by atoms with Crippen LogP contribution >= 0.6 is 0 Å². The van der Waals surface area contributed by atoms with Gasteiger partial charge in [0, 0.05) is 25.2 Å². The van der Waals surface area contributed by atoms with E-state index in [-0.39, 0.29) is 0 Å². The van der Waals surface area contributed by atoms with E-state index in [0.717, 1.165) is 61.6 Å². The van der Waals surface area contributed by atoms with Gasteiger partial charge in [-0.1, -0.05) is 27.7 Å². The van der Waals surface area contributed by atoms with E-state index in [0.29, 0.717) is 18.4 Å². The first-order chi connectivity index (χ1) is 11.0. The molecule has 0 aromatic heterocycles. The average molecular weight is 319 g/mol. The quantitative estimate of drug-likeness (QED) is 0.722. The molecular formula is C19H29NO3. The summed E-state index contributed by atoms with van der Waals surface area (Å²) < 4.78 is 11.6. The van der Waals surface area contributed by atoms with Crippen molar-refractivity contribution in [3.63, 3.8) is 0 Å². The Hall–Kier alpha value is -1.39.